The molecule has 2 aromatic carbocycles. The summed E-state index contributed by atoms with van der Waals surface area (Å²) in [6, 6.07) is 11.6. The summed E-state index contributed by atoms with van der Waals surface area (Å²) in [6.07, 6.45) is 0.761. The van der Waals surface area contributed by atoms with Gasteiger partial charge in [0.1, 0.15) is 5.75 Å². The van der Waals surface area contributed by atoms with Gasteiger partial charge in [0.25, 0.3) is 5.91 Å². The SMILES string of the molecule is COc1cc2c(cc1Nc1nnc(C(N)=O)c(Nc3ccccc3C(C)OC)n1)CNCC2. The topological polar surface area (TPSA) is 136 Å². The van der Waals surface area contributed by atoms with Crippen molar-refractivity contribution < 1.29 is 14.3 Å². The number of nitrogens with zero attached hydrogens (tertiary/aromatic N) is 3. The summed E-state index contributed by atoms with van der Waals surface area (Å²) < 4.78 is 11.0. The van der Waals surface area contributed by atoms with Crippen molar-refractivity contribution in [2.75, 3.05) is 31.4 Å². The van der Waals surface area contributed by atoms with Gasteiger partial charge in [0.15, 0.2) is 11.5 Å². The number of carbonyl (C=O) groups is 1. The van der Waals surface area contributed by atoms with E-state index in [1.807, 2.05) is 43.3 Å². The molecule has 0 bridgehead atoms. The van der Waals surface area contributed by atoms with E-state index in [2.05, 4.69) is 31.1 Å². The number of aromatic nitrogens is 3. The van der Waals surface area contributed by atoms with Crippen molar-refractivity contribution in [1.29, 1.82) is 0 Å². The zero-order valence-corrected chi connectivity index (χ0v) is 18.8. The largest absolute Gasteiger partial charge is 0.495 e. The Hall–Kier alpha value is -3.76. The Bertz CT molecular complexity index is 1170. The van der Waals surface area contributed by atoms with Gasteiger partial charge in [-0.15, -0.1) is 10.2 Å². The minimum atomic E-state index is -0.737. The predicted octanol–water partition coefficient (Wildman–Crippen LogP) is 2.82. The second kappa shape index (κ2) is 9.80. The van der Waals surface area contributed by atoms with Crippen LogP contribution < -0.4 is 26.4 Å². The van der Waals surface area contributed by atoms with Crippen LogP contribution in [0.4, 0.5) is 23.1 Å². The van der Waals surface area contributed by atoms with Gasteiger partial charge in [0.2, 0.25) is 5.95 Å². The number of nitrogens with two attached hydrogens (primary N) is 1. The highest BCUT2D eigenvalue weighted by Gasteiger charge is 2.19. The predicted molar refractivity (Wildman–Crippen MR) is 125 cm³/mol. The van der Waals surface area contributed by atoms with Crippen LogP contribution >= 0.6 is 0 Å². The summed E-state index contributed by atoms with van der Waals surface area (Å²) in [5.74, 6) is 0.321. The highest BCUT2D eigenvalue weighted by molar-refractivity contribution is 5.96. The molecule has 1 amide bonds. The lowest BCUT2D eigenvalue weighted by Gasteiger charge is -2.20. The number of hydrogen-bond donors (Lipinski definition) is 4. The zero-order chi connectivity index (χ0) is 23.4. The van der Waals surface area contributed by atoms with Gasteiger partial charge in [-0.05, 0) is 49.2 Å². The van der Waals surface area contributed by atoms with Crippen molar-refractivity contribution in [2.45, 2.75) is 26.0 Å². The summed E-state index contributed by atoms with van der Waals surface area (Å²) in [6.45, 7) is 3.63. The molecular formula is C23H27N7O3. The summed E-state index contributed by atoms with van der Waals surface area (Å²) in [7, 11) is 3.25. The monoisotopic (exact) mass is 449 g/mol. The number of hydrogen-bond acceptors (Lipinski definition) is 9. The Kier molecular flexibility index (Phi) is 6.66. The Morgan fingerprint density at radius 2 is 1.94 bits per heavy atom. The lowest BCUT2D eigenvalue weighted by Crippen LogP contribution is -2.23. The van der Waals surface area contributed by atoms with E-state index in [0.29, 0.717) is 11.4 Å². The second-order valence-corrected chi connectivity index (χ2v) is 7.66. The number of nitrogens with one attached hydrogen (secondary N) is 3. The Morgan fingerprint density at radius 1 is 1.12 bits per heavy atom. The minimum Gasteiger partial charge on any atom is -0.495 e. The molecule has 0 fully saturated rings. The Balaban J connectivity index is 1.69. The quantitative estimate of drug-likeness (QED) is 0.409. The molecular weight excluding hydrogens is 422 g/mol. The van der Waals surface area contributed by atoms with Gasteiger partial charge in [-0.1, -0.05) is 18.2 Å². The number of primary amides is 1. The molecule has 0 spiro atoms. The first kappa shape index (κ1) is 22.4. The van der Waals surface area contributed by atoms with Crippen LogP contribution in [0.3, 0.4) is 0 Å². The van der Waals surface area contributed by atoms with E-state index >= 15 is 0 Å². The molecule has 1 aliphatic heterocycles. The molecule has 5 N–H and O–H groups in total. The van der Waals surface area contributed by atoms with Crippen molar-refractivity contribution in [3.8, 4) is 5.75 Å². The first-order valence-corrected chi connectivity index (χ1v) is 10.6. The van der Waals surface area contributed by atoms with Crippen LogP contribution in [0.25, 0.3) is 0 Å². The molecule has 1 unspecified atom stereocenters. The third-order valence-electron chi connectivity index (χ3n) is 5.58. The smallest absolute Gasteiger partial charge is 0.273 e. The molecule has 1 atom stereocenters. The van der Waals surface area contributed by atoms with Gasteiger partial charge >= 0.3 is 0 Å². The third-order valence-corrected chi connectivity index (χ3v) is 5.58. The molecule has 1 aromatic heterocycles. The number of benzene rings is 2. The van der Waals surface area contributed by atoms with E-state index in [0.717, 1.165) is 30.8 Å². The third kappa shape index (κ3) is 4.86. The maximum Gasteiger partial charge on any atom is 0.273 e. The van der Waals surface area contributed by atoms with E-state index in [9.17, 15) is 4.79 Å². The fourth-order valence-electron chi connectivity index (χ4n) is 3.75. The molecule has 3 aromatic rings. The van der Waals surface area contributed by atoms with Crippen molar-refractivity contribution in [3.63, 3.8) is 0 Å². The number of anilines is 4. The van der Waals surface area contributed by atoms with Crippen LogP contribution in [0.15, 0.2) is 36.4 Å². The molecule has 0 aliphatic carbocycles. The summed E-state index contributed by atoms with van der Waals surface area (Å²) in [5.41, 5.74) is 10.2. The van der Waals surface area contributed by atoms with Crippen LogP contribution in [0, 0.1) is 0 Å². The summed E-state index contributed by atoms with van der Waals surface area (Å²) in [4.78, 5) is 16.5. The van der Waals surface area contributed by atoms with E-state index in [4.69, 9.17) is 15.2 Å². The molecule has 172 valence electrons. The number of fused-ring (bicyclic) bond motifs is 1. The van der Waals surface area contributed by atoms with Crippen molar-refractivity contribution in [2.24, 2.45) is 5.73 Å². The molecule has 10 heteroatoms. The molecule has 1 aliphatic rings. The molecule has 33 heavy (non-hydrogen) atoms. The lowest BCUT2D eigenvalue weighted by molar-refractivity contribution is 0.0995. The first-order valence-electron chi connectivity index (χ1n) is 10.6. The fraction of sp³-hybridized carbons (Fsp3) is 0.304. The Labute approximate surface area is 191 Å². The van der Waals surface area contributed by atoms with Gasteiger partial charge < -0.3 is 31.2 Å². The van der Waals surface area contributed by atoms with E-state index in [1.54, 1.807) is 14.2 Å². The number of amides is 1. The number of carbonyl (C=O) groups excluding carboxylic acids is 1. The molecule has 0 radical (unpaired) electrons. The number of ether oxygens (including phenoxy) is 2. The van der Waals surface area contributed by atoms with Crippen molar-refractivity contribution in [1.82, 2.24) is 20.5 Å². The zero-order valence-electron chi connectivity index (χ0n) is 18.8. The van der Waals surface area contributed by atoms with Crippen LogP contribution in [0.5, 0.6) is 5.75 Å². The standard InChI is InChI=1S/C23H27N7O3/c1-13(32-2)16-6-4-5-7-17(16)26-22-20(21(24)31)29-30-23(28-22)27-18-10-15-12-25-9-8-14(15)11-19(18)33-3/h4-7,10-11,13,25H,8-9,12H2,1-3H3,(H2,24,31)(H2,26,27,28,30). The van der Waals surface area contributed by atoms with Gasteiger partial charge in [0, 0.05) is 24.9 Å². The van der Waals surface area contributed by atoms with Crippen LogP contribution in [0.2, 0.25) is 0 Å². The van der Waals surface area contributed by atoms with Gasteiger partial charge in [-0.25, -0.2) is 0 Å². The summed E-state index contributed by atoms with van der Waals surface area (Å²) >= 11 is 0. The van der Waals surface area contributed by atoms with Crippen LogP contribution in [-0.2, 0) is 17.7 Å². The number of rotatable bonds is 8. The molecule has 10 nitrogen and oxygen atoms in total. The van der Waals surface area contributed by atoms with Crippen molar-refractivity contribution >= 4 is 29.0 Å². The average Bonchev–Trinajstić information content (AvgIpc) is 2.83. The molecule has 4 rings (SSSR count). The Morgan fingerprint density at radius 3 is 2.70 bits per heavy atom. The average molecular weight is 450 g/mol. The second-order valence-electron chi connectivity index (χ2n) is 7.66. The highest BCUT2D eigenvalue weighted by Crippen LogP contribution is 2.32. The van der Waals surface area contributed by atoms with Crippen LogP contribution in [-0.4, -0.2) is 41.9 Å². The van der Waals surface area contributed by atoms with Crippen molar-refractivity contribution in [3.05, 3.63) is 58.8 Å². The first-order chi connectivity index (χ1) is 16.0. The van der Waals surface area contributed by atoms with Gasteiger partial charge in [-0.3, -0.25) is 4.79 Å². The fourth-order valence-corrected chi connectivity index (χ4v) is 3.75. The number of para-hydroxylation sites is 1. The minimum absolute atomic E-state index is 0.0676. The van der Waals surface area contributed by atoms with E-state index in [-0.39, 0.29) is 23.6 Å². The number of methoxy groups -OCH3 is 2. The van der Waals surface area contributed by atoms with E-state index < -0.39 is 5.91 Å². The van der Waals surface area contributed by atoms with Crippen LogP contribution in [0.1, 0.15) is 40.2 Å². The van der Waals surface area contributed by atoms with Gasteiger partial charge in [-0.2, -0.15) is 4.98 Å². The molecule has 0 saturated carbocycles. The maximum atomic E-state index is 12.0. The van der Waals surface area contributed by atoms with E-state index in [1.165, 1.54) is 11.1 Å². The summed E-state index contributed by atoms with van der Waals surface area (Å²) in [5, 5.41) is 17.7. The lowest BCUT2D eigenvalue weighted by atomic mass is 10.00. The van der Waals surface area contributed by atoms with Gasteiger partial charge in [0.05, 0.1) is 18.9 Å². The normalized spacial score (nSPS) is 13.7. The maximum absolute atomic E-state index is 12.0. The molecule has 0 saturated heterocycles. The molecule has 2 heterocycles. The highest BCUT2D eigenvalue weighted by atomic mass is 16.5.